The zero-order valence-electron chi connectivity index (χ0n) is 7.65. The van der Waals surface area contributed by atoms with Crippen LogP contribution in [0, 0.1) is 21.4 Å². The largest absolute Gasteiger partial charge is 0.302 e. The summed E-state index contributed by atoms with van der Waals surface area (Å²) in [5.74, 6) is 0. The number of nitrogens with zero attached hydrogens (tertiary/aromatic N) is 3. The summed E-state index contributed by atoms with van der Waals surface area (Å²) in [5, 5.41) is 18.9. The van der Waals surface area contributed by atoms with Crippen LogP contribution < -0.4 is 0 Å². The number of hydrogen-bond donors (Lipinski definition) is 0. The molecule has 1 aromatic heterocycles. The van der Waals surface area contributed by atoms with Crippen LogP contribution in [0.2, 0.25) is 0 Å². The SMILES string of the molecule is N#CCc1ncc([N+](=O)[O-])c(Br)c1C(F)F. The second-order valence-electron chi connectivity index (χ2n) is 2.71. The Bertz CT molecular complexity index is 473. The van der Waals surface area contributed by atoms with Crippen molar-refractivity contribution in [3.8, 4) is 6.07 Å². The third-order valence-electron chi connectivity index (χ3n) is 1.78. The second-order valence-corrected chi connectivity index (χ2v) is 3.50. The lowest BCUT2D eigenvalue weighted by Crippen LogP contribution is -2.02. The first-order valence-corrected chi connectivity index (χ1v) is 4.75. The van der Waals surface area contributed by atoms with Crippen molar-refractivity contribution in [3.63, 3.8) is 0 Å². The highest BCUT2D eigenvalue weighted by Crippen LogP contribution is 2.35. The van der Waals surface area contributed by atoms with Gasteiger partial charge in [-0.05, 0) is 15.9 Å². The van der Waals surface area contributed by atoms with Gasteiger partial charge in [-0.15, -0.1) is 0 Å². The van der Waals surface area contributed by atoms with Crippen LogP contribution in [0.5, 0.6) is 0 Å². The van der Waals surface area contributed by atoms with E-state index >= 15 is 0 Å². The molecule has 16 heavy (non-hydrogen) atoms. The highest BCUT2D eigenvalue weighted by molar-refractivity contribution is 9.10. The Kier molecular flexibility index (Phi) is 3.84. The van der Waals surface area contributed by atoms with Gasteiger partial charge in [0.1, 0.15) is 10.7 Å². The minimum atomic E-state index is -2.93. The van der Waals surface area contributed by atoms with E-state index in [2.05, 4.69) is 20.9 Å². The monoisotopic (exact) mass is 291 g/mol. The first kappa shape index (κ1) is 12.4. The van der Waals surface area contributed by atoms with Gasteiger partial charge in [0.05, 0.1) is 28.7 Å². The van der Waals surface area contributed by atoms with Gasteiger partial charge in [-0.3, -0.25) is 15.1 Å². The zero-order valence-corrected chi connectivity index (χ0v) is 9.24. The molecule has 0 fully saturated rings. The molecule has 0 bridgehead atoms. The van der Waals surface area contributed by atoms with Crippen molar-refractivity contribution >= 4 is 21.6 Å². The van der Waals surface area contributed by atoms with Gasteiger partial charge in [0.2, 0.25) is 0 Å². The van der Waals surface area contributed by atoms with Gasteiger partial charge in [-0.1, -0.05) is 0 Å². The predicted molar refractivity (Wildman–Crippen MR) is 52.9 cm³/mol. The van der Waals surface area contributed by atoms with Crippen LogP contribution in [-0.2, 0) is 6.42 Å². The standard InChI is InChI=1S/C8H4BrF2N3O2/c9-7-5(14(15)16)3-13-4(1-2-12)6(7)8(10)11/h3,8H,1H2. The molecule has 84 valence electrons. The fraction of sp³-hybridized carbons (Fsp3) is 0.250. The summed E-state index contributed by atoms with van der Waals surface area (Å²) < 4.78 is 25.0. The summed E-state index contributed by atoms with van der Waals surface area (Å²) in [4.78, 5) is 13.2. The average Bonchev–Trinajstić information content (AvgIpc) is 2.17. The molecule has 1 aromatic rings. The van der Waals surface area contributed by atoms with Crippen LogP contribution >= 0.6 is 15.9 Å². The Balaban J connectivity index is 3.42. The quantitative estimate of drug-likeness (QED) is 0.633. The van der Waals surface area contributed by atoms with Crippen LogP contribution in [0.3, 0.4) is 0 Å². The molecule has 0 amide bonds. The van der Waals surface area contributed by atoms with Gasteiger partial charge in [0, 0.05) is 0 Å². The van der Waals surface area contributed by atoms with Crippen molar-refractivity contribution in [2.75, 3.05) is 0 Å². The molecule has 1 heterocycles. The molecule has 0 saturated heterocycles. The molecular weight excluding hydrogens is 288 g/mol. The van der Waals surface area contributed by atoms with Gasteiger partial charge in [-0.25, -0.2) is 8.78 Å². The van der Waals surface area contributed by atoms with Gasteiger partial charge < -0.3 is 0 Å². The minimum Gasteiger partial charge on any atom is -0.258 e. The lowest BCUT2D eigenvalue weighted by molar-refractivity contribution is -0.386. The predicted octanol–water partition coefficient (Wildman–Crippen LogP) is 2.76. The molecule has 0 aromatic carbocycles. The van der Waals surface area contributed by atoms with Crippen LogP contribution in [0.1, 0.15) is 17.7 Å². The van der Waals surface area contributed by atoms with Crippen LogP contribution in [-0.4, -0.2) is 9.91 Å². The van der Waals surface area contributed by atoms with Crippen molar-refractivity contribution < 1.29 is 13.7 Å². The van der Waals surface area contributed by atoms with E-state index in [0.717, 1.165) is 6.20 Å². The van der Waals surface area contributed by atoms with Gasteiger partial charge >= 0.3 is 5.69 Å². The summed E-state index contributed by atoms with van der Waals surface area (Å²) in [7, 11) is 0. The van der Waals surface area contributed by atoms with Crippen molar-refractivity contribution in [2.45, 2.75) is 12.8 Å². The Morgan fingerprint density at radius 3 is 2.75 bits per heavy atom. The zero-order chi connectivity index (χ0) is 12.3. The van der Waals surface area contributed by atoms with Crippen LogP contribution in [0.25, 0.3) is 0 Å². The minimum absolute atomic E-state index is 0.157. The molecular formula is C8H4BrF2N3O2. The number of halogens is 3. The molecule has 1 rings (SSSR count). The maximum Gasteiger partial charge on any atom is 0.302 e. The topological polar surface area (TPSA) is 79.8 Å². The highest BCUT2D eigenvalue weighted by atomic mass is 79.9. The molecule has 8 heteroatoms. The van der Waals surface area contributed by atoms with Crippen molar-refractivity contribution in [1.82, 2.24) is 4.98 Å². The van der Waals surface area contributed by atoms with E-state index in [1.165, 1.54) is 0 Å². The molecule has 0 unspecified atom stereocenters. The highest BCUT2D eigenvalue weighted by Gasteiger charge is 2.25. The molecule has 0 aliphatic carbocycles. The Labute approximate surface area is 97.0 Å². The average molecular weight is 292 g/mol. The number of nitro groups is 1. The maximum atomic E-state index is 12.7. The van der Waals surface area contributed by atoms with E-state index in [-0.39, 0.29) is 16.6 Å². The van der Waals surface area contributed by atoms with E-state index in [1.54, 1.807) is 6.07 Å². The third-order valence-corrected chi connectivity index (χ3v) is 2.61. The third kappa shape index (κ3) is 2.30. The lowest BCUT2D eigenvalue weighted by atomic mass is 10.1. The molecule has 0 aliphatic heterocycles. The van der Waals surface area contributed by atoms with Crippen molar-refractivity contribution in [1.29, 1.82) is 5.26 Å². The molecule has 0 radical (unpaired) electrons. The molecule has 5 nitrogen and oxygen atoms in total. The molecule has 0 N–H and O–H groups in total. The fourth-order valence-corrected chi connectivity index (χ4v) is 1.74. The maximum absolute atomic E-state index is 12.7. The van der Waals surface area contributed by atoms with Gasteiger partial charge in [-0.2, -0.15) is 5.26 Å². The van der Waals surface area contributed by atoms with E-state index in [1.807, 2.05) is 0 Å². The second kappa shape index (κ2) is 4.94. The Hall–Kier alpha value is -1.62. The van der Waals surface area contributed by atoms with Crippen molar-refractivity contribution in [2.24, 2.45) is 0 Å². The number of nitriles is 1. The Morgan fingerprint density at radius 2 is 2.31 bits per heavy atom. The fourth-order valence-electron chi connectivity index (χ4n) is 1.09. The summed E-state index contributed by atoms with van der Waals surface area (Å²) in [6, 6.07) is 1.67. The number of pyridine rings is 1. The number of hydrogen-bond acceptors (Lipinski definition) is 4. The summed E-state index contributed by atoms with van der Waals surface area (Å²) in [6.45, 7) is 0. The van der Waals surface area contributed by atoms with Crippen LogP contribution in [0.15, 0.2) is 10.7 Å². The van der Waals surface area contributed by atoms with Crippen molar-refractivity contribution in [3.05, 3.63) is 32.0 Å². The number of aromatic nitrogens is 1. The summed E-state index contributed by atoms with van der Waals surface area (Å²) >= 11 is 2.73. The van der Waals surface area contributed by atoms with E-state index in [0.29, 0.717) is 0 Å². The summed E-state index contributed by atoms with van der Waals surface area (Å²) in [6.07, 6.45) is -2.40. The molecule has 0 spiro atoms. The smallest absolute Gasteiger partial charge is 0.258 e. The van der Waals surface area contributed by atoms with E-state index in [4.69, 9.17) is 5.26 Å². The van der Waals surface area contributed by atoms with E-state index in [9.17, 15) is 18.9 Å². The number of alkyl halides is 2. The first-order valence-electron chi connectivity index (χ1n) is 3.95. The summed E-state index contributed by atoms with van der Waals surface area (Å²) in [5.41, 5.74) is -1.30. The lowest BCUT2D eigenvalue weighted by Gasteiger charge is -2.07. The van der Waals surface area contributed by atoms with E-state index < -0.39 is 22.6 Å². The molecule has 0 aliphatic rings. The van der Waals surface area contributed by atoms with Crippen LogP contribution in [0.4, 0.5) is 14.5 Å². The normalized spacial score (nSPS) is 10.2. The number of rotatable bonds is 3. The first-order chi connectivity index (χ1) is 7.49. The Morgan fingerprint density at radius 1 is 1.69 bits per heavy atom. The molecule has 0 atom stereocenters. The van der Waals surface area contributed by atoms with Gasteiger partial charge in [0.15, 0.2) is 0 Å². The molecule has 0 saturated carbocycles. The van der Waals surface area contributed by atoms with Gasteiger partial charge in [0.25, 0.3) is 6.43 Å².